The van der Waals surface area contributed by atoms with Gasteiger partial charge in [-0.1, -0.05) is 0 Å². The molecule has 1 rings (SSSR count). The summed E-state index contributed by atoms with van der Waals surface area (Å²) in [4.78, 5) is 0. The summed E-state index contributed by atoms with van der Waals surface area (Å²) in [5, 5.41) is 0. The summed E-state index contributed by atoms with van der Waals surface area (Å²) in [7, 11) is 1.52. The number of rotatable bonds is 3. The molecule has 0 radical (unpaired) electrons. The van der Waals surface area contributed by atoms with Crippen molar-refractivity contribution in [2.75, 3.05) is 13.9 Å². The average Bonchev–Trinajstić information content (AvgIpc) is 2.04. The van der Waals surface area contributed by atoms with Crippen LogP contribution in [-0.4, -0.2) is 37.0 Å². The van der Waals surface area contributed by atoms with E-state index in [0.29, 0.717) is 5.75 Å². The minimum atomic E-state index is -0.324. The molecule has 0 saturated carbocycles. The van der Waals surface area contributed by atoms with E-state index in [4.69, 9.17) is 4.74 Å². The van der Waals surface area contributed by atoms with Gasteiger partial charge in [-0.2, -0.15) is 0 Å². The Morgan fingerprint density at radius 1 is 1.46 bits per heavy atom. The molecule has 0 spiro atoms. The monoisotopic (exact) mass is 258 g/mol. The summed E-state index contributed by atoms with van der Waals surface area (Å²) in [6.45, 7) is 0.155. The van der Waals surface area contributed by atoms with Crippen molar-refractivity contribution in [1.29, 1.82) is 0 Å². The molecule has 13 heavy (non-hydrogen) atoms. The van der Waals surface area contributed by atoms with Crippen molar-refractivity contribution in [3.05, 3.63) is 30.1 Å². The van der Waals surface area contributed by atoms with E-state index in [-0.39, 0.29) is 52.6 Å². The quantitative estimate of drug-likeness (QED) is 0.363. The van der Waals surface area contributed by atoms with Crippen molar-refractivity contribution in [3.8, 4) is 5.75 Å². The normalized spacial score (nSPS) is 8.15. The number of hydrogen-bond donors (Lipinski definition) is 0. The zero-order chi connectivity index (χ0) is 8.10. The van der Waals surface area contributed by atoms with Crippen molar-refractivity contribution < 1.29 is 30.8 Å². The Morgan fingerprint density at radius 2 is 2.15 bits per heavy atom. The van der Waals surface area contributed by atoms with Crippen LogP contribution in [0.25, 0.3) is 0 Å². The van der Waals surface area contributed by atoms with Crippen LogP contribution in [0.5, 0.6) is 5.75 Å². The van der Waals surface area contributed by atoms with E-state index in [1.165, 1.54) is 25.3 Å². The molecular weight excluding hydrogens is 251 g/mol. The summed E-state index contributed by atoms with van der Waals surface area (Å²) in [5.41, 5.74) is 0. The van der Waals surface area contributed by atoms with Gasteiger partial charge in [0.15, 0.2) is 6.79 Å². The first-order chi connectivity index (χ1) is 5.33. The van der Waals surface area contributed by atoms with E-state index in [2.05, 4.69) is 10.8 Å². The maximum Gasteiger partial charge on any atom is 2.00 e. The molecule has 0 saturated heterocycles. The predicted octanol–water partition coefficient (Wildman–Crippen LogP) is -1.77. The summed E-state index contributed by atoms with van der Waals surface area (Å²) in [5.74, 6) is 0.156. The maximum atomic E-state index is 12.3. The van der Waals surface area contributed by atoms with Crippen LogP contribution in [0.2, 0.25) is 0 Å². The second-order valence-corrected chi connectivity index (χ2v) is 1.92. The first-order valence-corrected chi connectivity index (χ1v) is 3.12. The molecule has 0 amide bonds. The van der Waals surface area contributed by atoms with Crippen LogP contribution in [0.1, 0.15) is 0 Å². The number of hydrogen-bond acceptors (Lipinski definition) is 2. The van der Waals surface area contributed by atoms with Gasteiger partial charge in [0, 0.05) is 18.7 Å². The summed E-state index contributed by atoms with van der Waals surface area (Å²) < 4.78 is 21.9. The van der Waals surface area contributed by atoms with E-state index < -0.39 is 0 Å². The average molecular weight is 259 g/mol. The second-order valence-electron chi connectivity index (χ2n) is 1.92. The van der Waals surface area contributed by atoms with Crippen LogP contribution >= 0.6 is 0 Å². The number of methoxy groups -OCH3 is 1. The van der Waals surface area contributed by atoms with Crippen LogP contribution in [0.4, 0.5) is 4.39 Å². The Balaban J connectivity index is 0. The third-order valence-electron chi connectivity index (χ3n) is 1.08. The molecule has 0 aliphatic rings. The van der Waals surface area contributed by atoms with Crippen molar-refractivity contribution >= 4 is 23.1 Å². The summed E-state index contributed by atoms with van der Waals surface area (Å²) in [6.07, 6.45) is 0. The van der Waals surface area contributed by atoms with Gasteiger partial charge in [0.05, 0.1) is 0 Å². The molecule has 2 nitrogen and oxygen atoms in total. The second kappa shape index (κ2) is 8.74. The van der Waals surface area contributed by atoms with Crippen LogP contribution in [0.15, 0.2) is 18.2 Å². The molecule has 0 aliphatic heterocycles. The minimum absolute atomic E-state index is 0. The first-order valence-electron chi connectivity index (χ1n) is 3.12. The fourth-order valence-corrected chi connectivity index (χ4v) is 0.604. The molecule has 0 aromatic heterocycles. The molecule has 0 N–H and O–H groups in total. The van der Waals surface area contributed by atoms with E-state index in [9.17, 15) is 4.39 Å². The molecule has 68 valence electrons. The SMILES string of the molecule is COCOc1[c-]cc(F)cc1.[Br-].[Mg+2]. The van der Waals surface area contributed by atoms with Gasteiger partial charge in [-0.15, -0.1) is 24.3 Å². The maximum absolute atomic E-state index is 12.3. The van der Waals surface area contributed by atoms with Crippen LogP contribution in [0.3, 0.4) is 0 Å². The van der Waals surface area contributed by atoms with Crippen LogP contribution in [0, 0.1) is 11.9 Å². The van der Waals surface area contributed by atoms with Gasteiger partial charge in [0.25, 0.3) is 0 Å². The number of halogens is 2. The Kier molecular flexibility index (Phi) is 10.5. The van der Waals surface area contributed by atoms with E-state index in [0.717, 1.165) is 0 Å². The van der Waals surface area contributed by atoms with Crippen LogP contribution < -0.4 is 21.7 Å². The molecule has 1 aromatic carbocycles. The molecule has 0 heterocycles. The molecule has 0 fully saturated rings. The summed E-state index contributed by atoms with van der Waals surface area (Å²) in [6, 6.07) is 6.61. The largest absolute Gasteiger partial charge is 2.00 e. The fourth-order valence-electron chi connectivity index (χ4n) is 0.604. The smallest absolute Gasteiger partial charge is 1.00 e. The van der Waals surface area contributed by atoms with E-state index in [1.807, 2.05) is 0 Å². The zero-order valence-electron chi connectivity index (χ0n) is 7.22. The molecule has 0 bridgehead atoms. The van der Waals surface area contributed by atoms with Gasteiger partial charge >= 0.3 is 23.1 Å². The van der Waals surface area contributed by atoms with Gasteiger partial charge in [0.1, 0.15) is 0 Å². The van der Waals surface area contributed by atoms with Gasteiger partial charge in [-0.3, -0.25) is 4.39 Å². The first kappa shape index (κ1) is 15.6. The predicted molar refractivity (Wildman–Crippen MR) is 43.5 cm³/mol. The van der Waals surface area contributed by atoms with Crippen molar-refractivity contribution in [2.45, 2.75) is 0 Å². The Bertz CT molecular complexity index is 218. The third-order valence-corrected chi connectivity index (χ3v) is 1.08. The van der Waals surface area contributed by atoms with E-state index >= 15 is 0 Å². The third kappa shape index (κ3) is 6.26. The molecule has 0 unspecified atom stereocenters. The van der Waals surface area contributed by atoms with Gasteiger partial charge < -0.3 is 26.5 Å². The zero-order valence-corrected chi connectivity index (χ0v) is 10.2. The minimum Gasteiger partial charge on any atom is -1.00 e. The van der Waals surface area contributed by atoms with Gasteiger partial charge in [-0.05, 0) is 0 Å². The molecule has 0 atom stereocenters. The number of ether oxygens (including phenoxy) is 2. The van der Waals surface area contributed by atoms with Crippen molar-refractivity contribution in [3.63, 3.8) is 0 Å². The van der Waals surface area contributed by atoms with Gasteiger partial charge in [0.2, 0.25) is 0 Å². The van der Waals surface area contributed by atoms with Crippen molar-refractivity contribution in [1.82, 2.24) is 0 Å². The molecule has 0 aliphatic carbocycles. The standard InChI is InChI=1S/C8H8FO2.BrH.Mg/c1-10-6-11-8-4-2-7(9)3-5-8;;/h2-4H,6H2,1H3;1H;/q-1;;+2/p-1. The summed E-state index contributed by atoms with van der Waals surface area (Å²) >= 11 is 0. The van der Waals surface area contributed by atoms with Crippen LogP contribution in [-0.2, 0) is 4.74 Å². The molecule has 5 heteroatoms. The molecule has 1 aromatic rings. The Labute approximate surface area is 103 Å². The van der Waals surface area contributed by atoms with E-state index in [1.54, 1.807) is 0 Å². The Morgan fingerprint density at radius 3 is 2.62 bits per heavy atom. The topological polar surface area (TPSA) is 18.5 Å². The fraction of sp³-hybridized carbons (Fsp3) is 0.250. The number of benzene rings is 1. The van der Waals surface area contributed by atoms with Gasteiger partial charge in [-0.25, -0.2) is 0 Å². The Hall–Kier alpha value is 0.156. The van der Waals surface area contributed by atoms with Crippen molar-refractivity contribution in [2.24, 2.45) is 0 Å². The molecular formula is C8H8BrFMgO2.